The van der Waals surface area contributed by atoms with E-state index in [9.17, 15) is 9.90 Å². The first-order valence-electron chi connectivity index (χ1n) is 11.9. The van der Waals surface area contributed by atoms with Gasteiger partial charge in [-0.1, -0.05) is 105 Å². The van der Waals surface area contributed by atoms with Crippen molar-refractivity contribution >= 4 is 16.9 Å². The van der Waals surface area contributed by atoms with Gasteiger partial charge in [0.05, 0.1) is 16.9 Å². The Bertz CT molecular complexity index is 1020. The van der Waals surface area contributed by atoms with Crippen LogP contribution in [0.3, 0.4) is 0 Å². The fourth-order valence-corrected chi connectivity index (χ4v) is 5.86. The van der Waals surface area contributed by atoms with Gasteiger partial charge in [-0.25, -0.2) is 0 Å². The predicted molar refractivity (Wildman–Crippen MR) is 140 cm³/mol. The third kappa shape index (κ3) is 7.64. The van der Waals surface area contributed by atoms with Crippen molar-refractivity contribution < 1.29 is 9.90 Å². The molecule has 34 heavy (non-hydrogen) atoms. The topological polar surface area (TPSA) is 40.1 Å². The molecule has 0 aliphatic rings. The van der Waals surface area contributed by atoms with Crippen LogP contribution >= 0.6 is 0 Å². The van der Waals surface area contributed by atoms with E-state index < -0.39 is 5.97 Å². The van der Waals surface area contributed by atoms with Gasteiger partial charge in [-0.2, -0.15) is 0 Å². The van der Waals surface area contributed by atoms with Crippen molar-refractivity contribution in [2.75, 3.05) is 0 Å². The molecule has 2 nitrogen and oxygen atoms in total. The van der Waals surface area contributed by atoms with Crippen LogP contribution in [0, 0.1) is 0 Å². The monoisotopic (exact) mass is 468 g/mol. The standard InChI is InChI=1S/C18H15S.C13H18O2/c1-4-10-16(11-5-1)19(17-12-6-2-7-13-17)18-14-8-3-9-15-18;1-2-3-4-5-8-11-9-6-7-10-12(11)13(14)15/h1-15H;6-7,9-10H,2-5,8H2,1H3,(H,14,15)/q+1;/p-1. The van der Waals surface area contributed by atoms with E-state index in [4.69, 9.17) is 0 Å². The number of carboxylic acid groups (broad SMARTS) is 1. The van der Waals surface area contributed by atoms with Crippen molar-refractivity contribution in [3.8, 4) is 0 Å². The molecule has 0 atom stereocenters. The van der Waals surface area contributed by atoms with Gasteiger partial charge in [0.2, 0.25) is 0 Å². The summed E-state index contributed by atoms with van der Waals surface area (Å²) in [6.45, 7) is 2.16. The minimum Gasteiger partial charge on any atom is -0.545 e. The number of hydrogen-bond donors (Lipinski definition) is 0. The number of unbranched alkanes of at least 4 members (excludes halogenated alkanes) is 3. The molecule has 4 aromatic rings. The Morgan fingerprint density at radius 3 is 1.50 bits per heavy atom. The molecule has 0 saturated heterocycles. The minimum absolute atomic E-state index is 0.0146. The first-order valence-corrected chi connectivity index (χ1v) is 13.1. The number of aromatic carboxylic acids is 1. The molecule has 0 unspecified atom stereocenters. The van der Waals surface area contributed by atoms with Crippen LogP contribution in [0.15, 0.2) is 130 Å². The quantitative estimate of drug-likeness (QED) is 0.197. The lowest BCUT2D eigenvalue weighted by Gasteiger charge is -2.09. The van der Waals surface area contributed by atoms with Gasteiger partial charge in [0.25, 0.3) is 0 Å². The van der Waals surface area contributed by atoms with E-state index in [1.54, 1.807) is 12.1 Å². The predicted octanol–water partition coefficient (Wildman–Crippen LogP) is 6.95. The lowest BCUT2D eigenvalue weighted by molar-refractivity contribution is -0.255. The highest BCUT2D eigenvalue weighted by Gasteiger charge is 2.27. The zero-order valence-electron chi connectivity index (χ0n) is 19.7. The molecule has 0 saturated carbocycles. The SMILES string of the molecule is CCCCCCc1ccccc1C(=O)[O-].c1ccc([S+](c2ccccc2)c2ccccc2)cc1. The third-order valence-corrected chi connectivity index (χ3v) is 7.70. The summed E-state index contributed by atoms with van der Waals surface area (Å²) < 4.78 is 0. The van der Waals surface area contributed by atoms with Crippen molar-refractivity contribution in [3.05, 3.63) is 126 Å². The molecule has 0 heterocycles. The molecule has 174 valence electrons. The number of aryl methyl sites for hydroxylation is 1. The Labute approximate surface area is 206 Å². The molecule has 0 aliphatic carbocycles. The maximum absolute atomic E-state index is 10.8. The Kier molecular flexibility index (Phi) is 10.5. The molecule has 0 radical (unpaired) electrons. The van der Waals surface area contributed by atoms with Gasteiger partial charge in [0.1, 0.15) is 0 Å². The smallest absolute Gasteiger partial charge is 0.166 e. The van der Waals surface area contributed by atoms with E-state index in [0.29, 0.717) is 5.56 Å². The first-order chi connectivity index (χ1) is 16.7. The van der Waals surface area contributed by atoms with Crippen molar-refractivity contribution in [2.24, 2.45) is 0 Å². The summed E-state index contributed by atoms with van der Waals surface area (Å²) in [4.78, 5) is 14.9. The molecular weight excluding hydrogens is 436 g/mol. The van der Waals surface area contributed by atoms with Gasteiger partial charge in [0.15, 0.2) is 14.7 Å². The van der Waals surface area contributed by atoms with Crippen LogP contribution in [-0.2, 0) is 17.3 Å². The lowest BCUT2D eigenvalue weighted by atomic mass is 10.0. The zero-order valence-corrected chi connectivity index (χ0v) is 20.5. The van der Waals surface area contributed by atoms with Crippen molar-refractivity contribution in [2.45, 2.75) is 53.7 Å². The molecular formula is C31H32O2S. The second kappa shape index (κ2) is 14.1. The summed E-state index contributed by atoms with van der Waals surface area (Å²) in [5, 5.41) is 10.8. The normalized spacial score (nSPS) is 10.4. The number of hydrogen-bond acceptors (Lipinski definition) is 2. The molecule has 3 heteroatoms. The van der Waals surface area contributed by atoms with Crippen molar-refractivity contribution in [1.82, 2.24) is 0 Å². The molecule has 0 spiro atoms. The van der Waals surface area contributed by atoms with Crippen LogP contribution < -0.4 is 5.11 Å². The van der Waals surface area contributed by atoms with E-state index >= 15 is 0 Å². The van der Waals surface area contributed by atoms with E-state index in [1.807, 2.05) is 12.1 Å². The van der Waals surface area contributed by atoms with Gasteiger partial charge < -0.3 is 9.90 Å². The maximum Gasteiger partial charge on any atom is 0.166 e. The molecule has 0 aliphatic heterocycles. The zero-order chi connectivity index (χ0) is 24.0. The lowest BCUT2D eigenvalue weighted by Crippen LogP contribution is -2.23. The van der Waals surface area contributed by atoms with Crippen LogP contribution in [0.1, 0.15) is 48.5 Å². The second-order valence-corrected chi connectivity index (χ2v) is 10.0. The Hall–Kier alpha value is -3.30. The number of benzene rings is 4. The van der Waals surface area contributed by atoms with Crippen molar-refractivity contribution in [1.29, 1.82) is 0 Å². The van der Waals surface area contributed by atoms with Crippen LogP contribution in [0.25, 0.3) is 0 Å². The molecule has 0 bridgehead atoms. The van der Waals surface area contributed by atoms with Crippen LogP contribution in [0.2, 0.25) is 0 Å². The van der Waals surface area contributed by atoms with Gasteiger partial charge in [-0.05, 0) is 54.8 Å². The van der Waals surface area contributed by atoms with E-state index in [2.05, 4.69) is 97.9 Å². The van der Waals surface area contributed by atoms with Crippen LogP contribution in [-0.4, -0.2) is 5.97 Å². The minimum atomic E-state index is -1.07. The number of carbonyl (C=O) groups excluding carboxylic acids is 1. The fourth-order valence-electron chi connectivity index (χ4n) is 3.76. The van der Waals surface area contributed by atoms with Crippen LogP contribution in [0.5, 0.6) is 0 Å². The molecule has 0 fully saturated rings. The number of rotatable bonds is 9. The van der Waals surface area contributed by atoms with Gasteiger partial charge in [-0.3, -0.25) is 0 Å². The average Bonchev–Trinajstić information content (AvgIpc) is 2.89. The Morgan fingerprint density at radius 2 is 1.06 bits per heavy atom. The average molecular weight is 469 g/mol. The highest BCUT2D eigenvalue weighted by atomic mass is 32.2. The summed E-state index contributed by atoms with van der Waals surface area (Å²) in [7, 11) is -0.0146. The molecule has 4 rings (SSSR count). The molecule has 0 aromatic heterocycles. The van der Waals surface area contributed by atoms with Gasteiger partial charge in [-0.15, -0.1) is 0 Å². The Morgan fingerprint density at radius 1 is 0.618 bits per heavy atom. The number of carbonyl (C=O) groups is 1. The molecule has 4 aromatic carbocycles. The largest absolute Gasteiger partial charge is 0.545 e. The summed E-state index contributed by atoms with van der Waals surface area (Å²) >= 11 is 0. The first kappa shape index (κ1) is 25.3. The van der Waals surface area contributed by atoms with E-state index in [0.717, 1.165) is 24.8 Å². The van der Waals surface area contributed by atoms with E-state index in [1.165, 1.54) is 27.5 Å². The highest BCUT2D eigenvalue weighted by molar-refractivity contribution is 7.97. The maximum atomic E-state index is 10.8. The summed E-state index contributed by atoms with van der Waals surface area (Å²) in [5.74, 6) is -1.07. The van der Waals surface area contributed by atoms with Crippen molar-refractivity contribution in [3.63, 3.8) is 0 Å². The summed E-state index contributed by atoms with van der Waals surface area (Å²) in [5.41, 5.74) is 1.24. The molecule has 0 N–H and O–H groups in total. The third-order valence-electron chi connectivity index (χ3n) is 5.47. The fraction of sp³-hybridized carbons (Fsp3) is 0.194. The Balaban J connectivity index is 0.000000197. The summed E-state index contributed by atoms with van der Waals surface area (Å²) in [6.07, 6.45) is 5.47. The van der Waals surface area contributed by atoms with Gasteiger partial charge in [0, 0.05) is 5.56 Å². The number of carboxylic acids is 1. The molecule has 0 amide bonds. The second-order valence-electron chi connectivity index (χ2n) is 8.00. The summed E-state index contributed by atoms with van der Waals surface area (Å²) in [6, 6.07) is 39.3. The van der Waals surface area contributed by atoms with Gasteiger partial charge >= 0.3 is 0 Å². The highest BCUT2D eigenvalue weighted by Crippen LogP contribution is 2.30. The van der Waals surface area contributed by atoms with E-state index in [-0.39, 0.29) is 10.9 Å². The van der Waals surface area contributed by atoms with Crippen LogP contribution in [0.4, 0.5) is 0 Å².